The van der Waals surface area contributed by atoms with Gasteiger partial charge in [0.15, 0.2) is 6.61 Å². The molecule has 9 heteroatoms. The number of ether oxygens (including phenoxy) is 2. The second kappa shape index (κ2) is 9.46. The van der Waals surface area contributed by atoms with Gasteiger partial charge in [-0.1, -0.05) is 12.1 Å². The number of H-pyrrole nitrogens is 1. The zero-order valence-electron chi connectivity index (χ0n) is 16.1. The molecule has 0 atom stereocenters. The summed E-state index contributed by atoms with van der Waals surface area (Å²) in [5, 5.41) is 3.03. The molecule has 3 aromatic rings. The first-order valence-corrected chi connectivity index (χ1v) is 9.08. The molecule has 9 nitrogen and oxygen atoms in total. The van der Waals surface area contributed by atoms with Crippen LogP contribution >= 0.6 is 0 Å². The largest absolute Gasteiger partial charge is 0.465 e. The number of anilines is 1. The first-order chi connectivity index (χ1) is 14.5. The van der Waals surface area contributed by atoms with Crippen LogP contribution in [0.15, 0.2) is 53.3 Å². The van der Waals surface area contributed by atoms with Crippen molar-refractivity contribution in [1.82, 2.24) is 9.97 Å². The Morgan fingerprint density at radius 3 is 2.53 bits per heavy atom. The molecule has 0 unspecified atom stereocenters. The van der Waals surface area contributed by atoms with E-state index < -0.39 is 24.5 Å². The summed E-state index contributed by atoms with van der Waals surface area (Å²) in [6.45, 7) is -0.459. The molecule has 154 valence electrons. The van der Waals surface area contributed by atoms with Gasteiger partial charge in [-0.25, -0.2) is 9.78 Å². The number of nitrogens with zero attached hydrogens (tertiary/aromatic N) is 1. The summed E-state index contributed by atoms with van der Waals surface area (Å²) >= 11 is 0. The molecule has 0 radical (unpaired) electrons. The topological polar surface area (TPSA) is 127 Å². The summed E-state index contributed by atoms with van der Waals surface area (Å²) in [5.74, 6) is -1.23. The monoisotopic (exact) mass is 409 g/mol. The fraction of sp³-hybridized carbons (Fsp3) is 0.190. The number of aromatic amines is 1. The molecule has 0 fully saturated rings. The predicted molar refractivity (Wildman–Crippen MR) is 108 cm³/mol. The molecule has 0 saturated heterocycles. The van der Waals surface area contributed by atoms with Gasteiger partial charge in [-0.05, 0) is 36.4 Å². The molecule has 0 aliphatic heterocycles. The molecule has 1 heterocycles. The Balaban J connectivity index is 1.47. The Labute approximate surface area is 171 Å². The van der Waals surface area contributed by atoms with Crippen molar-refractivity contribution in [2.75, 3.05) is 19.0 Å². The van der Waals surface area contributed by atoms with Gasteiger partial charge in [0.2, 0.25) is 0 Å². The number of methoxy groups -OCH3 is 1. The van der Waals surface area contributed by atoms with Crippen molar-refractivity contribution in [2.45, 2.75) is 12.8 Å². The Kier molecular flexibility index (Phi) is 6.53. The highest BCUT2D eigenvalue weighted by Gasteiger charge is 2.11. The van der Waals surface area contributed by atoms with Crippen molar-refractivity contribution < 1.29 is 23.9 Å². The van der Waals surface area contributed by atoms with Crippen LogP contribution in [0.1, 0.15) is 22.6 Å². The lowest BCUT2D eigenvalue weighted by Crippen LogP contribution is -2.21. The number of carbonyl (C=O) groups is 3. The number of hydrogen-bond acceptors (Lipinski definition) is 7. The molecule has 0 saturated carbocycles. The number of aryl methyl sites for hydroxylation is 1. The number of para-hydroxylation sites is 1. The normalized spacial score (nSPS) is 10.4. The van der Waals surface area contributed by atoms with Crippen LogP contribution < -0.4 is 10.9 Å². The summed E-state index contributed by atoms with van der Waals surface area (Å²) in [6.07, 6.45) is 0.137. The standard InChI is InChI=1S/C21H19N3O6/c1-29-21(28)13-6-8-14(9-7-13)22-18(25)12-30-19(26)11-10-17-23-16-5-3-2-4-15(16)20(27)24-17/h2-9H,10-12H2,1H3,(H,22,25)(H,23,24,27). The average molecular weight is 409 g/mol. The minimum Gasteiger partial charge on any atom is -0.465 e. The van der Waals surface area contributed by atoms with Gasteiger partial charge < -0.3 is 19.8 Å². The number of esters is 2. The van der Waals surface area contributed by atoms with Crippen molar-refractivity contribution in [2.24, 2.45) is 0 Å². The Morgan fingerprint density at radius 1 is 1.07 bits per heavy atom. The summed E-state index contributed by atoms with van der Waals surface area (Å²) < 4.78 is 9.55. The van der Waals surface area contributed by atoms with Crippen molar-refractivity contribution in [1.29, 1.82) is 0 Å². The van der Waals surface area contributed by atoms with Crippen molar-refractivity contribution in [3.05, 3.63) is 70.3 Å². The molecule has 0 aliphatic carbocycles. The molecular formula is C21H19N3O6. The minimum absolute atomic E-state index is 0.0393. The molecule has 1 amide bonds. The van der Waals surface area contributed by atoms with Crippen molar-refractivity contribution in [3.63, 3.8) is 0 Å². The third-order valence-corrected chi connectivity index (χ3v) is 4.18. The fourth-order valence-electron chi connectivity index (χ4n) is 2.70. The Hall–Kier alpha value is -4.01. The van der Waals surface area contributed by atoms with Crippen LogP contribution in [0.2, 0.25) is 0 Å². The molecule has 3 rings (SSSR count). The van der Waals surface area contributed by atoms with Crippen LogP contribution in [0.25, 0.3) is 10.9 Å². The lowest BCUT2D eigenvalue weighted by Gasteiger charge is -2.07. The van der Waals surface area contributed by atoms with Gasteiger partial charge in [0.25, 0.3) is 11.5 Å². The van der Waals surface area contributed by atoms with E-state index in [4.69, 9.17) is 4.74 Å². The quantitative estimate of drug-likeness (QED) is 0.570. The van der Waals surface area contributed by atoms with E-state index in [0.29, 0.717) is 28.0 Å². The molecule has 0 bridgehead atoms. The minimum atomic E-state index is -0.595. The van der Waals surface area contributed by atoms with Crippen LogP contribution in [-0.2, 0) is 25.5 Å². The van der Waals surface area contributed by atoms with E-state index in [1.54, 1.807) is 24.3 Å². The van der Waals surface area contributed by atoms with Gasteiger partial charge in [0, 0.05) is 12.1 Å². The number of hydrogen-bond donors (Lipinski definition) is 2. The van der Waals surface area contributed by atoms with Gasteiger partial charge in [0.05, 0.1) is 30.0 Å². The summed E-state index contributed by atoms with van der Waals surface area (Å²) in [7, 11) is 1.28. The fourth-order valence-corrected chi connectivity index (χ4v) is 2.70. The first-order valence-electron chi connectivity index (χ1n) is 9.08. The Morgan fingerprint density at radius 2 is 1.80 bits per heavy atom. The van der Waals surface area contributed by atoms with Crippen LogP contribution in [0.3, 0.4) is 0 Å². The number of amides is 1. The second-order valence-corrected chi connectivity index (χ2v) is 6.31. The van der Waals surface area contributed by atoms with E-state index in [-0.39, 0.29) is 18.4 Å². The van der Waals surface area contributed by atoms with Crippen LogP contribution in [0, 0.1) is 0 Å². The van der Waals surface area contributed by atoms with Crippen LogP contribution in [-0.4, -0.2) is 41.5 Å². The summed E-state index contributed by atoms with van der Waals surface area (Å²) in [4.78, 5) is 54.2. The molecule has 30 heavy (non-hydrogen) atoms. The third kappa shape index (κ3) is 5.28. The van der Waals surface area contributed by atoms with E-state index >= 15 is 0 Å². The maximum absolute atomic E-state index is 12.0. The zero-order valence-corrected chi connectivity index (χ0v) is 16.1. The number of benzene rings is 2. The van der Waals surface area contributed by atoms with Gasteiger partial charge >= 0.3 is 11.9 Å². The van der Waals surface area contributed by atoms with E-state index in [2.05, 4.69) is 20.0 Å². The third-order valence-electron chi connectivity index (χ3n) is 4.18. The number of rotatable bonds is 7. The van der Waals surface area contributed by atoms with Crippen LogP contribution in [0.5, 0.6) is 0 Å². The maximum Gasteiger partial charge on any atom is 0.337 e. The smallest absolute Gasteiger partial charge is 0.337 e. The highest BCUT2D eigenvalue weighted by atomic mass is 16.5. The second-order valence-electron chi connectivity index (χ2n) is 6.31. The van der Waals surface area contributed by atoms with Gasteiger partial charge in [0.1, 0.15) is 5.82 Å². The van der Waals surface area contributed by atoms with Gasteiger partial charge in [-0.2, -0.15) is 0 Å². The number of aromatic nitrogens is 2. The van der Waals surface area contributed by atoms with Crippen molar-refractivity contribution in [3.8, 4) is 0 Å². The molecule has 2 aromatic carbocycles. The average Bonchev–Trinajstić information content (AvgIpc) is 2.76. The zero-order chi connectivity index (χ0) is 21.5. The maximum atomic E-state index is 12.0. The van der Waals surface area contributed by atoms with Crippen LogP contribution in [0.4, 0.5) is 5.69 Å². The molecule has 2 N–H and O–H groups in total. The summed E-state index contributed by atoms with van der Waals surface area (Å²) in [6, 6.07) is 13.0. The molecule has 1 aromatic heterocycles. The SMILES string of the molecule is COC(=O)c1ccc(NC(=O)COC(=O)CCc2nc3ccccc3c(=O)[nH]2)cc1. The van der Waals surface area contributed by atoms with Crippen molar-refractivity contribution >= 4 is 34.4 Å². The van der Waals surface area contributed by atoms with Gasteiger partial charge in [-0.15, -0.1) is 0 Å². The van der Waals surface area contributed by atoms with E-state index in [9.17, 15) is 19.2 Å². The molecular weight excluding hydrogens is 390 g/mol. The van der Waals surface area contributed by atoms with E-state index in [1.165, 1.54) is 31.4 Å². The molecule has 0 aliphatic rings. The number of fused-ring (bicyclic) bond motifs is 1. The number of nitrogens with one attached hydrogen (secondary N) is 2. The first kappa shape index (κ1) is 20.7. The predicted octanol–water partition coefficient (Wildman–Crippen LogP) is 1.82. The highest BCUT2D eigenvalue weighted by molar-refractivity contribution is 5.94. The Bertz CT molecular complexity index is 1140. The summed E-state index contributed by atoms with van der Waals surface area (Å²) in [5.41, 5.74) is 1.06. The highest BCUT2D eigenvalue weighted by Crippen LogP contribution is 2.10. The lowest BCUT2D eigenvalue weighted by molar-refractivity contribution is -0.147. The number of carbonyl (C=O) groups excluding carboxylic acids is 3. The van der Waals surface area contributed by atoms with Gasteiger partial charge in [-0.3, -0.25) is 14.4 Å². The van der Waals surface area contributed by atoms with E-state index in [1.807, 2.05) is 0 Å². The molecule has 0 spiro atoms. The lowest BCUT2D eigenvalue weighted by atomic mass is 10.2. The van der Waals surface area contributed by atoms with E-state index in [0.717, 1.165) is 0 Å².